The van der Waals surface area contributed by atoms with Crippen LogP contribution in [-0.4, -0.2) is 35.3 Å². The predicted molar refractivity (Wildman–Crippen MR) is 78.1 cm³/mol. The van der Waals surface area contributed by atoms with Gasteiger partial charge in [-0.3, -0.25) is 14.9 Å². The monoisotopic (exact) mass is 298 g/mol. The van der Waals surface area contributed by atoms with Crippen molar-refractivity contribution in [1.29, 1.82) is 0 Å². The quantitative estimate of drug-likeness (QED) is 0.332. The van der Waals surface area contributed by atoms with E-state index in [1.165, 1.54) is 23.9 Å². The van der Waals surface area contributed by atoms with Gasteiger partial charge in [0.1, 0.15) is 5.56 Å². The molecule has 1 aromatic carbocycles. The molecule has 0 heterocycles. The molecule has 0 aliphatic heterocycles. The van der Waals surface area contributed by atoms with Gasteiger partial charge in [0, 0.05) is 24.1 Å². The Labute approximate surface area is 121 Å². The van der Waals surface area contributed by atoms with E-state index in [0.717, 1.165) is 17.7 Å². The van der Waals surface area contributed by atoms with Gasteiger partial charge in [-0.1, -0.05) is 0 Å². The second kappa shape index (κ2) is 8.55. The summed E-state index contributed by atoms with van der Waals surface area (Å²) in [5.74, 6) is -0.434. The topological polar surface area (TPSA) is 92.5 Å². The van der Waals surface area contributed by atoms with E-state index in [-0.39, 0.29) is 17.9 Å². The molecule has 0 saturated heterocycles. The number of hydrogen-bond donors (Lipinski definition) is 2. The fraction of sp³-hybridized carbons (Fsp3) is 0.462. The van der Waals surface area contributed by atoms with E-state index >= 15 is 0 Å². The van der Waals surface area contributed by atoms with Crippen molar-refractivity contribution in [3.05, 3.63) is 33.9 Å². The van der Waals surface area contributed by atoms with Crippen molar-refractivity contribution in [2.75, 3.05) is 19.4 Å². The summed E-state index contributed by atoms with van der Waals surface area (Å²) in [5, 5.41) is 22.2. The van der Waals surface area contributed by atoms with Gasteiger partial charge < -0.3 is 10.4 Å². The molecule has 0 aliphatic rings. The summed E-state index contributed by atoms with van der Waals surface area (Å²) in [6, 6.07) is 4.51. The Morgan fingerprint density at radius 2 is 2.15 bits per heavy atom. The third-order valence-electron chi connectivity index (χ3n) is 2.77. The summed E-state index contributed by atoms with van der Waals surface area (Å²) in [6.45, 7) is 0.578. The fourth-order valence-corrected chi connectivity index (χ4v) is 2.13. The molecule has 1 amide bonds. The van der Waals surface area contributed by atoms with Crippen LogP contribution in [0.15, 0.2) is 23.1 Å². The van der Waals surface area contributed by atoms with E-state index in [0.29, 0.717) is 13.0 Å². The summed E-state index contributed by atoms with van der Waals surface area (Å²) in [6.07, 6.45) is 4.09. The Hall–Kier alpha value is -1.60. The lowest BCUT2D eigenvalue weighted by Crippen LogP contribution is -2.25. The number of benzene rings is 1. The number of thioether (sulfide) groups is 1. The van der Waals surface area contributed by atoms with Crippen molar-refractivity contribution in [2.45, 2.75) is 24.2 Å². The lowest BCUT2D eigenvalue weighted by atomic mass is 10.1. The molecule has 1 aromatic rings. The minimum Gasteiger partial charge on any atom is -0.396 e. The van der Waals surface area contributed by atoms with Gasteiger partial charge in [0.05, 0.1) is 4.92 Å². The molecular weight excluding hydrogens is 280 g/mol. The third-order valence-corrected chi connectivity index (χ3v) is 3.49. The van der Waals surface area contributed by atoms with Crippen LogP contribution in [0.2, 0.25) is 0 Å². The van der Waals surface area contributed by atoms with Crippen molar-refractivity contribution in [1.82, 2.24) is 5.32 Å². The van der Waals surface area contributed by atoms with E-state index in [9.17, 15) is 14.9 Å². The average molecular weight is 298 g/mol. The van der Waals surface area contributed by atoms with Gasteiger partial charge in [0.2, 0.25) is 0 Å². The van der Waals surface area contributed by atoms with Crippen LogP contribution in [-0.2, 0) is 0 Å². The first-order valence-corrected chi connectivity index (χ1v) is 7.54. The number of aliphatic hydroxyl groups is 1. The second-order valence-corrected chi connectivity index (χ2v) is 5.06. The molecule has 0 spiro atoms. The number of rotatable bonds is 8. The minimum absolute atomic E-state index is 0.0870. The van der Waals surface area contributed by atoms with Crippen molar-refractivity contribution in [2.24, 2.45) is 0 Å². The van der Waals surface area contributed by atoms with Crippen LogP contribution in [0.25, 0.3) is 0 Å². The maximum absolute atomic E-state index is 12.0. The molecule has 6 nitrogen and oxygen atoms in total. The summed E-state index contributed by atoms with van der Waals surface area (Å²) in [4.78, 5) is 23.2. The van der Waals surface area contributed by atoms with Crippen LogP contribution >= 0.6 is 11.8 Å². The zero-order valence-corrected chi connectivity index (χ0v) is 12.1. The lowest BCUT2D eigenvalue weighted by Gasteiger charge is -2.07. The van der Waals surface area contributed by atoms with Crippen LogP contribution in [0.5, 0.6) is 0 Å². The van der Waals surface area contributed by atoms with E-state index < -0.39 is 10.8 Å². The number of carbonyl (C=O) groups is 1. The highest BCUT2D eigenvalue weighted by Gasteiger charge is 2.20. The molecule has 20 heavy (non-hydrogen) atoms. The number of nitro groups is 1. The molecule has 0 fully saturated rings. The fourth-order valence-electron chi connectivity index (χ4n) is 1.69. The van der Waals surface area contributed by atoms with Crippen molar-refractivity contribution >= 4 is 23.4 Å². The average Bonchev–Trinajstić information content (AvgIpc) is 2.46. The predicted octanol–water partition coefficient (Wildman–Crippen LogP) is 2.21. The van der Waals surface area contributed by atoms with Gasteiger partial charge in [0.25, 0.3) is 11.6 Å². The van der Waals surface area contributed by atoms with Crippen molar-refractivity contribution in [3.63, 3.8) is 0 Å². The lowest BCUT2D eigenvalue weighted by molar-refractivity contribution is -0.385. The van der Waals surface area contributed by atoms with Crippen LogP contribution in [0.3, 0.4) is 0 Å². The van der Waals surface area contributed by atoms with Gasteiger partial charge in [-0.25, -0.2) is 0 Å². The molecule has 0 aromatic heterocycles. The van der Waals surface area contributed by atoms with E-state index in [4.69, 9.17) is 5.11 Å². The molecule has 1 rings (SSSR count). The molecule has 0 aliphatic carbocycles. The van der Waals surface area contributed by atoms with Gasteiger partial charge >= 0.3 is 0 Å². The maximum Gasteiger partial charge on any atom is 0.282 e. The number of aliphatic hydroxyl groups excluding tert-OH is 1. The SMILES string of the molecule is CSc1ccc([N+](=O)[O-])c(C(=O)NCCCCCO)c1. The van der Waals surface area contributed by atoms with E-state index in [1.54, 1.807) is 6.07 Å². The Morgan fingerprint density at radius 1 is 1.40 bits per heavy atom. The Kier molecular flexibility index (Phi) is 7.03. The van der Waals surface area contributed by atoms with Gasteiger partial charge in [-0.05, 0) is 37.7 Å². The highest BCUT2D eigenvalue weighted by Crippen LogP contribution is 2.24. The number of nitro benzene ring substituents is 1. The molecule has 0 atom stereocenters. The van der Waals surface area contributed by atoms with Gasteiger partial charge in [-0.2, -0.15) is 0 Å². The molecule has 0 unspecified atom stereocenters. The second-order valence-electron chi connectivity index (χ2n) is 4.18. The summed E-state index contributed by atoms with van der Waals surface area (Å²) >= 11 is 1.43. The Balaban J connectivity index is 2.72. The van der Waals surface area contributed by atoms with Crippen LogP contribution in [0.4, 0.5) is 5.69 Å². The first-order valence-electron chi connectivity index (χ1n) is 6.31. The maximum atomic E-state index is 12.0. The van der Waals surface area contributed by atoms with Crippen LogP contribution < -0.4 is 5.32 Å². The number of unbranched alkanes of at least 4 members (excludes halogenated alkanes) is 2. The van der Waals surface area contributed by atoms with Gasteiger partial charge in [0.15, 0.2) is 0 Å². The van der Waals surface area contributed by atoms with Gasteiger partial charge in [-0.15, -0.1) is 11.8 Å². The number of carbonyl (C=O) groups excluding carboxylic acids is 1. The standard InChI is InChI=1S/C13H18N2O4S/c1-20-10-5-6-12(15(18)19)11(9-10)13(17)14-7-3-2-4-8-16/h5-6,9,16H,2-4,7-8H2,1H3,(H,14,17). The largest absolute Gasteiger partial charge is 0.396 e. The number of nitrogens with zero attached hydrogens (tertiary/aromatic N) is 1. The summed E-state index contributed by atoms with van der Waals surface area (Å²) in [7, 11) is 0. The smallest absolute Gasteiger partial charge is 0.282 e. The van der Waals surface area contributed by atoms with E-state index in [2.05, 4.69) is 5.32 Å². The number of nitrogens with one attached hydrogen (secondary N) is 1. The third kappa shape index (κ3) is 4.82. The molecule has 2 N–H and O–H groups in total. The number of hydrogen-bond acceptors (Lipinski definition) is 5. The van der Waals surface area contributed by atoms with Crippen LogP contribution in [0.1, 0.15) is 29.6 Å². The highest BCUT2D eigenvalue weighted by molar-refractivity contribution is 7.98. The molecule has 0 radical (unpaired) electrons. The Bertz CT molecular complexity index is 479. The minimum atomic E-state index is -0.551. The summed E-state index contributed by atoms with van der Waals surface area (Å²) < 4.78 is 0. The van der Waals surface area contributed by atoms with Crippen molar-refractivity contribution in [3.8, 4) is 0 Å². The van der Waals surface area contributed by atoms with Crippen LogP contribution in [0, 0.1) is 10.1 Å². The zero-order valence-electron chi connectivity index (χ0n) is 11.3. The first kappa shape index (κ1) is 16.5. The summed E-state index contributed by atoms with van der Waals surface area (Å²) in [5.41, 5.74) is -0.0975. The molecular formula is C13H18N2O4S. The highest BCUT2D eigenvalue weighted by atomic mass is 32.2. The molecule has 110 valence electrons. The zero-order chi connectivity index (χ0) is 15.0. The molecule has 7 heteroatoms. The van der Waals surface area contributed by atoms with Crippen molar-refractivity contribution < 1.29 is 14.8 Å². The Morgan fingerprint density at radius 3 is 2.75 bits per heavy atom. The molecule has 0 saturated carbocycles. The number of amides is 1. The molecule has 0 bridgehead atoms. The first-order chi connectivity index (χ1) is 9.60. The normalized spacial score (nSPS) is 10.3. The van der Waals surface area contributed by atoms with E-state index in [1.807, 2.05) is 6.26 Å².